The van der Waals surface area contributed by atoms with Crippen LogP contribution in [0.25, 0.3) is 0 Å². The van der Waals surface area contributed by atoms with Gasteiger partial charge in [-0.25, -0.2) is 30.2 Å². The molecule has 45 heavy (non-hydrogen) atoms. The number of carbonyl (C=O) groups excluding carboxylic acids is 1. The predicted molar refractivity (Wildman–Crippen MR) is 177 cm³/mol. The molecular weight excluding hydrogens is 649 g/mol. The van der Waals surface area contributed by atoms with Crippen molar-refractivity contribution in [2.75, 3.05) is 19.7 Å². The molecule has 0 saturated carbocycles. The molecule has 8 nitrogen and oxygen atoms in total. The predicted octanol–water partition coefficient (Wildman–Crippen LogP) is 5.62. The average molecular weight is 679 g/mol. The molecule has 0 N–H and O–H groups in total. The second-order valence-corrected chi connectivity index (χ2v) is 15.1. The number of hydrogen-bond donors (Lipinski definition) is 0. The van der Waals surface area contributed by atoms with E-state index in [0.717, 1.165) is 25.8 Å². The van der Waals surface area contributed by atoms with Crippen molar-refractivity contribution in [1.29, 1.82) is 0 Å². The highest BCUT2D eigenvalue weighted by molar-refractivity contribution is 7.90. The van der Waals surface area contributed by atoms with Crippen LogP contribution in [-0.4, -0.2) is 51.1 Å². The molecule has 12 heteroatoms. The Bertz CT molecular complexity index is 1840. The number of thiophene rings is 2. The second kappa shape index (κ2) is 15.1. The third-order valence-corrected chi connectivity index (χ3v) is 11.3. The van der Waals surface area contributed by atoms with Gasteiger partial charge in [-0.1, -0.05) is 71.2 Å². The van der Waals surface area contributed by atoms with E-state index in [0.29, 0.717) is 9.75 Å². The molecule has 0 unspecified atom stereocenters. The molecule has 0 aliphatic carbocycles. The summed E-state index contributed by atoms with van der Waals surface area (Å²) in [5, 5.41) is 3.66. The van der Waals surface area contributed by atoms with Crippen molar-refractivity contribution < 1.29 is 26.4 Å². The number of nitrogens with zero attached hydrogens (tertiary/aromatic N) is 2. The maximum absolute atomic E-state index is 14.3. The fourth-order valence-corrected chi connectivity index (χ4v) is 7.88. The first kappa shape index (κ1) is 33.6. The number of ether oxygens (including phenoxy) is 1. The number of benzene rings is 2. The molecule has 232 valence electrons. The first-order valence-corrected chi connectivity index (χ1v) is 18.3. The van der Waals surface area contributed by atoms with Crippen LogP contribution in [0.3, 0.4) is 0 Å². The smallest absolute Gasteiger partial charge is 0.334 e. The minimum atomic E-state index is -4.48. The Hall–Kier alpha value is -4.33. The van der Waals surface area contributed by atoms with Gasteiger partial charge in [-0.3, -0.25) is 0 Å². The van der Waals surface area contributed by atoms with E-state index in [1.807, 2.05) is 36.7 Å². The molecule has 4 rings (SSSR count). The van der Waals surface area contributed by atoms with Crippen molar-refractivity contribution in [2.45, 2.75) is 30.6 Å². The SMILES string of the molecule is CCOC(=O)C=C(N(CC#Cc1cccs1)S(=O)(=O)c1ccc(C)cc1)N(CC#Cc1cccs1)S(=O)(=O)c1ccc(C)cc1. The van der Waals surface area contributed by atoms with Gasteiger partial charge in [0.25, 0.3) is 20.0 Å². The van der Waals surface area contributed by atoms with E-state index < -0.39 is 44.9 Å². The highest BCUT2D eigenvalue weighted by Crippen LogP contribution is 2.28. The highest BCUT2D eigenvalue weighted by atomic mass is 32.2. The van der Waals surface area contributed by atoms with Crippen LogP contribution in [-0.2, 0) is 29.6 Å². The third kappa shape index (κ3) is 8.65. The molecule has 0 amide bonds. The number of hydrogen-bond acceptors (Lipinski definition) is 8. The molecule has 2 aromatic heterocycles. The summed E-state index contributed by atoms with van der Waals surface area (Å²) in [6.45, 7) is 4.25. The maximum atomic E-state index is 14.3. The molecule has 2 aromatic carbocycles. The first-order valence-electron chi connectivity index (χ1n) is 13.6. The number of rotatable bonds is 10. The van der Waals surface area contributed by atoms with Gasteiger partial charge in [0.2, 0.25) is 0 Å². The van der Waals surface area contributed by atoms with Crippen LogP contribution in [0.4, 0.5) is 0 Å². The number of esters is 1. The summed E-state index contributed by atoms with van der Waals surface area (Å²) < 4.78 is 64.0. The molecular formula is C33H30N2O6S4. The van der Waals surface area contributed by atoms with Crippen LogP contribution in [0.1, 0.15) is 27.8 Å². The van der Waals surface area contributed by atoms with Crippen molar-refractivity contribution in [3.63, 3.8) is 0 Å². The van der Waals surface area contributed by atoms with E-state index in [-0.39, 0.29) is 16.4 Å². The lowest BCUT2D eigenvalue weighted by Gasteiger charge is -2.32. The Labute approximate surface area is 272 Å². The minimum Gasteiger partial charge on any atom is -0.463 e. The van der Waals surface area contributed by atoms with Gasteiger partial charge in [0.1, 0.15) is 5.82 Å². The van der Waals surface area contributed by atoms with Gasteiger partial charge in [-0.05, 0) is 67.9 Å². The Balaban J connectivity index is 1.96. The summed E-state index contributed by atoms with van der Waals surface area (Å²) in [6, 6.07) is 19.4. The van der Waals surface area contributed by atoms with Gasteiger partial charge >= 0.3 is 5.97 Å². The summed E-state index contributed by atoms with van der Waals surface area (Å²) in [4.78, 5) is 14.1. The Morgan fingerprint density at radius 1 is 0.733 bits per heavy atom. The summed E-state index contributed by atoms with van der Waals surface area (Å²) in [6.07, 6.45) is 0.862. The molecule has 0 aliphatic heterocycles. The summed E-state index contributed by atoms with van der Waals surface area (Å²) >= 11 is 2.74. The van der Waals surface area contributed by atoms with E-state index in [2.05, 4.69) is 23.7 Å². The van der Waals surface area contributed by atoms with Crippen LogP contribution in [0.5, 0.6) is 0 Å². The number of aryl methyl sites for hydroxylation is 2. The highest BCUT2D eigenvalue weighted by Gasteiger charge is 2.36. The van der Waals surface area contributed by atoms with E-state index in [1.165, 1.54) is 46.9 Å². The lowest BCUT2D eigenvalue weighted by atomic mass is 10.2. The Kier molecular flexibility index (Phi) is 11.3. The van der Waals surface area contributed by atoms with E-state index in [9.17, 15) is 21.6 Å². The monoisotopic (exact) mass is 678 g/mol. The van der Waals surface area contributed by atoms with Gasteiger partial charge in [0.05, 0.1) is 45.3 Å². The van der Waals surface area contributed by atoms with E-state index in [4.69, 9.17) is 4.74 Å². The van der Waals surface area contributed by atoms with E-state index in [1.54, 1.807) is 43.3 Å². The van der Waals surface area contributed by atoms with Crippen molar-refractivity contribution in [3.8, 4) is 23.7 Å². The molecule has 2 heterocycles. The molecule has 0 bridgehead atoms. The van der Waals surface area contributed by atoms with Gasteiger partial charge < -0.3 is 4.74 Å². The van der Waals surface area contributed by atoms with Crippen molar-refractivity contribution in [2.24, 2.45) is 0 Å². The van der Waals surface area contributed by atoms with Gasteiger partial charge in [0.15, 0.2) is 0 Å². The molecule has 0 aliphatic rings. The van der Waals surface area contributed by atoms with Crippen LogP contribution in [0, 0.1) is 37.5 Å². The second-order valence-electron chi connectivity index (χ2n) is 9.46. The van der Waals surface area contributed by atoms with Crippen molar-refractivity contribution in [3.05, 3.63) is 116 Å². The lowest BCUT2D eigenvalue weighted by Crippen LogP contribution is -2.43. The van der Waals surface area contributed by atoms with Gasteiger partial charge in [0, 0.05) is 0 Å². The summed E-state index contributed by atoms with van der Waals surface area (Å²) in [7, 11) is -8.95. The zero-order valence-corrected chi connectivity index (χ0v) is 28.0. The van der Waals surface area contributed by atoms with Crippen LogP contribution >= 0.6 is 22.7 Å². The van der Waals surface area contributed by atoms with E-state index >= 15 is 0 Å². The van der Waals surface area contributed by atoms with Crippen molar-refractivity contribution >= 4 is 48.7 Å². The summed E-state index contributed by atoms with van der Waals surface area (Å²) in [5.74, 6) is 10.1. The minimum absolute atomic E-state index is 0.0194. The van der Waals surface area contributed by atoms with Crippen LogP contribution in [0.15, 0.2) is 105 Å². The normalized spacial score (nSPS) is 10.9. The first-order chi connectivity index (χ1) is 21.5. The number of carbonyl (C=O) groups is 1. The molecule has 0 radical (unpaired) electrons. The van der Waals surface area contributed by atoms with Crippen molar-refractivity contribution in [1.82, 2.24) is 8.61 Å². The Morgan fingerprint density at radius 3 is 1.51 bits per heavy atom. The standard InChI is InChI=1S/C33H30N2O6S4/c1-4-41-33(36)25-32(34(21-5-9-28-11-7-23-42-28)44(37,38)30-17-13-26(2)14-18-30)35(22-6-10-29-12-8-24-43-29)45(39,40)31-19-15-27(3)16-20-31/h7-8,11-20,23-25H,4,21-22H2,1-3H3. The lowest BCUT2D eigenvalue weighted by molar-refractivity contribution is -0.137. The third-order valence-electron chi connectivity index (χ3n) is 6.17. The molecule has 0 fully saturated rings. The van der Waals surface area contributed by atoms with Crippen LogP contribution < -0.4 is 0 Å². The van der Waals surface area contributed by atoms with Gasteiger partial charge in [-0.15, -0.1) is 22.7 Å². The molecule has 0 atom stereocenters. The zero-order valence-electron chi connectivity index (χ0n) is 24.8. The summed E-state index contributed by atoms with van der Waals surface area (Å²) in [5.41, 5.74) is 1.65. The maximum Gasteiger partial charge on any atom is 0.334 e. The molecule has 0 saturated heterocycles. The topological polar surface area (TPSA) is 101 Å². The van der Waals surface area contributed by atoms with Crippen LogP contribution in [0.2, 0.25) is 0 Å². The molecule has 0 spiro atoms. The fourth-order valence-electron chi connectivity index (χ4n) is 3.91. The quantitative estimate of drug-likeness (QED) is 0.123. The largest absolute Gasteiger partial charge is 0.463 e. The Morgan fingerprint density at radius 2 is 1.16 bits per heavy atom. The zero-order chi connectivity index (χ0) is 32.5. The average Bonchev–Trinajstić information content (AvgIpc) is 3.72. The fraction of sp³-hybridized carbons (Fsp3) is 0.182. The molecule has 4 aromatic rings. The van der Waals surface area contributed by atoms with Gasteiger partial charge in [-0.2, -0.15) is 0 Å². The number of sulfonamides is 2.